The predicted octanol–water partition coefficient (Wildman–Crippen LogP) is 5.69. The monoisotopic (exact) mass is 563 g/mol. The Morgan fingerprint density at radius 2 is 1.52 bits per heavy atom. The summed E-state index contributed by atoms with van der Waals surface area (Å²) >= 11 is 0. The first-order valence-electron chi connectivity index (χ1n) is 14.4. The van der Waals surface area contributed by atoms with Gasteiger partial charge in [-0.2, -0.15) is 0 Å². The van der Waals surface area contributed by atoms with Crippen molar-refractivity contribution in [2.75, 3.05) is 18.4 Å². The molecule has 2 heterocycles. The third-order valence-corrected chi connectivity index (χ3v) is 8.07. The molecule has 0 saturated carbocycles. The molecule has 7 nitrogen and oxygen atoms in total. The van der Waals surface area contributed by atoms with Gasteiger partial charge < -0.3 is 19.9 Å². The van der Waals surface area contributed by atoms with E-state index in [-0.39, 0.29) is 29.8 Å². The number of aromatic nitrogens is 1. The number of carbonyl (C=O) groups is 2. The summed E-state index contributed by atoms with van der Waals surface area (Å²) < 4.78 is 1.57. The topological polar surface area (TPSA) is 91.6 Å². The number of benzene rings is 3. The first-order valence-corrected chi connectivity index (χ1v) is 14.4. The lowest BCUT2D eigenvalue weighted by Crippen LogP contribution is -2.49. The van der Waals surface area contributed by atoms with Gasteiger partial charge in [-0.25, -0.2) is 0 Å². The van der Waals surface area contributed by atoms with E-state index in [1.807, 2.05) is 89.8 Å². The lowest BCUT2D eigenvalue weighted by atomic mass is 9.89. The fraction of sp³-hybridized carbons (Fsp3) is 0.286. The van der Waals surface area contributed by atoms with Crippen molar-refractivity contribution in [3.05, 3.63) is 113 Å². The van der Waals surface area contributed by atoms with Gasteiger partial charge in [0.05, 0.1) is 12.1 Å². The summed E-state index contributed by atoms with van der Waals surface area (Å²) in [6.07, 6.45) is 3.00. The van der Waals surface area contributed by atoms with Crippen LogP contribution in [0.2, 0.25) is 0 Å². The van der Waals surface area contributed by atoms with Gasteiger partial charge in [0, 0.05) is 49.9 Å². The number of anilines is 1. The van der Waals surface area contributed by atoms with E-state index >= 15 is 0 Å². The maximum atomic E-state index is 13.4. The van der Waals surface area contributed by atoms with Gasteiger partial charge in [0.1, 0.15) is 0 Å². The Balaban J connectivity index is 1.36. The molecule has 1 aromatic heterocycles. The minimum atomic E-state index is -1.12. The van der Waals surface area contributed by atoms with Gasteiger partial charge in [-0.05, 0) is 53.1 Å². The molecule has 1 unspecified atom stereocenters. The van der Waals surface area contributed by atoms with E-state index in [1.165, 1.54) is 6.92 Å². The summed E-state index contributed by atoms with van der Waals surface area (Å²) in [4.78, 5) is 39.9. The normalized spacial score (nSPS) is 15.2. The highest BCUT2D eigenvalue weighted by Crippen LogP contribution is 2.33. The lowest BCUT2D eigenvalue weighted by Gasteiger charge is -2.39. The van der Waals surface area contributed by atoms with E-state index < -0.39 is 5.60 Å². The molecule has 1 fully saturated rings. The van der Waals surface area contributed by atoms with Crippen LogP contribution in [0.1, 0.15) is 44.6 Å². The molecule has 4 aromatic rings. The predicted molar refractivity (Wildman–Crippen MR) is 166 cm³/mol. The second-order valence-electron chi connectivity index (χ2n) is 11.3. The van der Waals surface area contributed by atoms with Crippen molar-refractivity contribution in [3.63, 3.8) is 0 Å². The molecule has 1 atom stereocenters. The third kappa shape index (κ3) is 6.86. The molecule has 2 amide bonds. The van der Waals surface area contributed by atoms with Crippen molar-refractivity contribution in [1.29, 1.82) is 0 Å². The second-order valence-corrected chi connectivity index (χ2v) is 11.3. The van der Waals surface area contributed by atoms with E-state index in [0.29, 0.717) is 38.0 Å². The number of amides is 2. The maximum absolute atomic E-state index is 13.4. The minimum Gasteiger partial charge on any atom is -0.388 e. The van der Waals surface area contributed by atoms with Gasteiger partial charge in [0.25, 0.3) is 5.56 Å². The van der Waals surface area contributed by atoms with Gasteiger partial charge in [-0.15, -0.1) is 0 Å². The molecule has 3 aromatic carbocycles. The Hall–Kier alpha value is -4.49. The number of carbonyl (C=O) groups excluding carboxylic acids is 2. The molecule has 42 heavy (non-hydrogen) atoms. The zero-order valence-electron chi connectivity index (χ0n) is 24.1. The van der Waals surface area contributed by atoms with Crippen LogP contribution in [0.25, 0.3) is 22.3 Å². The van der Waals surface area contributed by atoms with Crippen LogP contribution in [0.3, 0.4) is 0 Å². The number of hydrogen-bond donors (Lipinski definition) is 2. The highest BCUT2D eigenvalue weighted by molar-refractivity contribution is 5.90. The Morgan fingerprint density at radius 3 is 2.19 bits per heavy atom. The molecule has 1 aliphatic heterocycles. The molecule has 1 aliphatic rings. The fourth-order valence-electron chi connectivity index (χ4n) is 5.69. The Morgan fingerprint density at radius 1 is 0.881 bits per heavy atom. The second kappa shape index (κ2) is 12.6. The average Bonchev–Trinajstić information content (AvgIpc) is 2.99. The molecule has 216 valence electrons. The highest BCUT2D eigenvalue weighted by atomic mass is 16.3. The van der Waals surface area contributed by atoms with E-state index in [2.05, 4.69) is 12.2 Å². The Kier molecular flexibility index (Phi) is 8.69. The first kappa shape index (κ1) is 29.0. The van der Waals surface area contributed by atoms with Gasteiger partial charge in [0.2, 0.25) is 11.8 Å². The summed E-state index contributed by atoms with van der Waals surface area (Å²) in [6, 6.07) is 28.8. The molecule has 0 aliphatic carbocycles. The summed E-state index contributed by atoms with van der Waals surface area (Å²) in [5.41, 5.74) is 3.81. The lowest BCUT2D eigenvalue weighted by molar-refractivity contribution is -0.136. The largest absolute Gasteiger partial charge is 0.388 e. The van der Waals surface area contributed by atoms with E-state index in [9.17, 15) is 19.5 Å². The van der Waals surface area contributed by atoms with Crippen LogP contribution in [0.15, 0.2) is 102 Å². The number of nitrogens with zero attached hydrogens (tertiary/aromatic N) is 2. The van der Waals surface area contributed by atoms with Crippen molar-refractivity contribution in [3.8, 4) is 22.3 Å². The molecule has 5 rings (SSSR count). The summed E-state index contributed by atoms with van der Waals surface area (Å²) in [6.45, 7) is 4.54. The van der Waals surface area contributed by atoms with Crippen LogP contribution in [0.5, 0.6) is 0 Å². The fourth-order valence-corrected chi connectivity index (χ4v) is 5.69. The average molecular weight is 564 g/mol. The van der Waals surface area contributed by atoms with Crippen LogP contribution < -0.4 is 10.9 Å². The molecule has 0 spiro atoms. The SMILES string of the molecule is CC(=O)Nc1cccc(-c2cn(CC3(O)CCN(C(=O)CC(C)c4ccccc4)CC3)c(=O)cc2-c2ccccc2)c1. The first-order chi connectivity index (χ1) is 20.2. The number of aliphatic hydroxyl groups is 1. The van der Waals surface area contributed by atoms with Crippen LogP contribution in [-0.2, 0) is 16.1 Å². The van der Waals surface area contributed by atoms with Crippen molar-refractivity contribution in [2.45, 2.75) is 51.2 Å². The zero-order valence-corrected chi connectivity index (χ0v) is 24.1. The number of piperidine rings is 1. The molecule has 0 bridgehead atoms. The molecule has 7 heteroatoms. The van der Waals surface area contributed by atoms with Gasteiger partial charge in [-0.3, -0.25) is 14.4 Å². The number of hydrogen-bond acceptors (Lipinski definition) is 4. The maximum Gasteiger partial charge on any atom is 0.251 e. The van der Waals surface area contributed by atoms with Crippen LogP contribution >= 0.6 is 0 Å². The molecule has 0 radical (unpaired) electrons. The summed E-state index contributed by atoms with van der Waals surface area (Å²) in [7, 11) is 0. The standard InChI is InChI=1S/C35H37N3O4/c1-25(27-10-5-3-6-11-27)20-33(40)37-18-16-35(42,17-19-37)24-38-23-32(29-14-9-15-30(21-29)36-26(2)39)31(22-34(38)41)28-12-7-4-8-13-28/h3-15,21-23,25,42H,16-20,24H2,1-2H3,(H,36,39). The Bertz CT molecular complexity index is 1610. The smallest absolute Gasteiger partial charge is 0.251 e. The van der Waals surface area contributed by atoms with Gasteiger partial charge in [-0.1, -0.05) is 79.7 Å². The minimum absolute atomic E-state index is 0.0825. The van der Waals surface area contributed by atoms with E-state index in [1.54, 1.807) is 16.8 Å². The third-order valence-electron chi connectivity index (χ3n) is 8.07. The van der Waals surface area contributed by atoms with Gasteiger partial charge >= 0.3 is 0 Å². The number of pyridine rings is 1. The van der Waals surface area contributed by atoms with Gasteiger partial charge in [0.15, 0.2) is 0 Å². The van der Waals surface area contributed by atoms with E-state index in [4.69, 9.17) is 0 Å². The molecule has 1 saturated heterocycles. The molecule has 2 N–H and O–H groups in total. The van der Waals surface area contributed by atoms with Crippen LogP contribution in [-0.4, -0.2) is 45.1 Å². The highest BCUT2D eigenvalue weighted by Gasteiger charge is 2.35. The zero-order chi connectivity index (χ0) is 29.7. The number of nitrogens with one attached hydrogen (secondary N) is 1. The summed E-state index contributed by atoms with van der Waals surface area (Å²) in [5.74, 6) is 0.0323. The number of rotatable bonds is 8. The van der Waals surface area contributed by atoms with E-state index in [0.717, 1.165) is 27.8 Å². The Labute approximate surface area is 246 Å². The molecular weight excluding hydrogens is 526 g/mol. The van der Waals surface area contributed by atoms with Crippen molar-refractivity contribution in [1.82, 2.24) is 9.47 Å². The quantitative estimate of drug-likeness (QED) is 0.288. The van der Waals surface area contributed by atoms with Crippen molar-refractivity contribution < 1.29 is 14.7 Å². The van der Waals surface area contributed by atoms with Crippen LogP contribution in [0, 0.1) is 0 Å². The van der Waals surface area contributed by atoms with Crippen molar-refractivity contribution >= 4 is 17.5 Å². The van der Waals surface area contributed by atoms with Crippen molar-refractivity contribution in [2.24, 2.45) is 0 Å². The number of likely N-dealkylation sites (tertiary alicyclic amines) is 1. The molecular formula is C35H37N3O4. The van der Waals surface area contributed by atoms with Crippen LogP contribution in [0.4, 0.5) is 5.69 Å². The summed E-state index contributed by atoms with van der Waals surface area (Å²) in [5, 5.41) is 14.4.